The number of aliphatic hydroxyl groups is 1. The lowest BCUT2D eigenvalue weighted by Gasteiger charge is -2.36. The summed E-state index contributed by atoms with van der Waals surface area (Å²) in [4.78, 5) is 11.5. The summed E-state index contributed by atoms with van der Waals surface area (Å²) in [5, 5.41) is 8.98. The van der Waals surface area contributed by atoms with Gasteiger partial charge in [-0.25, -0.2) is 0 Å². The maximum Gasteiger partial charge on any atom is 0.136 e. The van der Waals surface area contributed by atoms with Crippen LogP contribution in [0.15, 0.2) is 24.5 Å². The predicted molar refractivity (Wildman–Crippen MR) is 68.4 cm³/mol. The van der Waals surface area contributed by atoms with Crippen LogP contribution in [0.4, 0.5) is 0 Å². The zero-order valence-electron chi connectivity index (χ0n) is 10.9. The summed E-state index contributed by atoms with van der Waals surface area (Å²) < 4.78 is 0. The van der Waals surface area contributed by atoms with Crippen LogP contribution in [0.5, 0.6) is 0 Å². The molecule has 0 saturated heterocycles. The number of ketones is 1. The largest absolute Gasteiger partial charge is 0.509 e. The van der Waals surface area contributed by atoms with Gasteiger partial charge in [0.15, 0.2) is 0 Å². The molecule has 0 aliphatic heterocycles. The fraction of sp³-hybridized carbons (Fsp3) is 0.643. The van der Waals surface area contributed by atoms with Crippen LogP contribution in [0, 0.1) is 11.3 Å². The van der Waals surface area contributed by atoms with Crippen molar-refractivity contribution >= 4 is 5.78 Å². The van der Waals surface area contributed by atoms with Gasteiger partial charge in [-0.15, -0.1) is 0 Å². The first-order chi connectivity index (χ1) is 7.46. The Morgan fingerprint density at radius 3 is 2.62 bits per heavy atom. The normalized spacial score (nSPS) is 29.8. The van der Waals surface area contributed by atoms with Crippen molar-refractivity contribution < 1.29 is 9.90 Å². The first-order valence-corrected chi connectivity index (χ1v) is 6.05. The topological polar surface area (TPSA) is 37.3 Å². The molecule has 2 nitrogen and oxygen atoms in total. The number of carbonyl (C=O) groups is 1. The second-order valence-electron chi connectivity index (χ2n) is 4.37. The number of Topliss-reactive ketones (excluding diaryl/α,β-unsaturated/α-hetero) is 1. The van der Waals surface area contributed by atoms with Crippen LogP contribution < -0.4 is 0 Å². The molecule has 0 heterocycles. The summed E-state index contributed by atoms with van der Waals surface area (Å²) in [6.45, 7) is 11.4. The van der Waals surface area contributed by atoms with Gasteiger partial charge in [-0.05, 0) is 24.3 Å². The molecule has 0 bridgehead atoms. The Balaban J connectivity index is 0.00000106. The van der Waals surface area contributed by atoms with Crippen molar-refractivity contribution in [3.63, 3.8) is 0 Å². The average Bonchev–Trinajstić information content (AvgIpc) is 2.26. The molecule has 0 radical (unpaired) electrons. The highest BCUT2D eigenvalue weighted by molar-refractivity contribution is 5.82. The molecule has 0 spiro atoms. The smallest absolute Gasteiger partial charge is 0.136 e. The summed E-state index contributed by atoms with van der Waals surface area (Å²) in [5.74, 6) is 0.426. The van der Waals surface area contributed by atoms with Crippen molar-refractivity contribution in [1.29, 1.82) is 0 Å². The van der Waals surface area contributed by atoms with E-state index < -0.39 is 0 Å². The molecule has 2 atom stereocenters. The van der Waals surface area contributed by atoms with E-state index in [1.165, 1.54) is 0 Å². The molecule has 1 saturated carbocycles. The van der Waals surface area contributed by atoms with Gasteiger partial charge in [0.1, 0.15) is 11.5 Å². The Kier molecular flexibility index (Phi) is 6.09. The quantitative estimate of drug-likeness (QED) is 0.568. The molecule has 2 heteroatoms. The lowest BCUT2D eigenvalue weighted by atomic mass is 9.67. The monoisotopic (exact) mass is 224 g/mol. The SMILES string of the molecule is C=C(O)/C=C/[C@@]1(C)CCCC(=O)[C@@H]1C.CC. The van der Waals surface area contributed by atoms with Crippen LogP contribution in [0.25, 0.3) is 0 Å². The number of carbonyl (C=O) groups excluding carboxylic acids is 1. The molecule has 0 aromatic rings. The molecule has 0 aromatic carbocycles. The van der Waals surface area contributed by atoms with E-state index in [9.17, 15) is 4.79 Å². The van der Waals surface area contributed by atoms with Gasteiger partial charge in [0.05, 0.1) is 0 Å². The fourth-order valence-electron chi connectivity index (χ4n) is 1.96. The molecule has 0 aromatic heterocycles. The first kappa shape index (κ1) is 14.9. The van der Waals surface area contributed by atoms with Gasteiger partial charge in [-0.2, -0.15) is 0 Å². The zero-order valence-corrected chi connectivity index (χ0v) is 10.9. The molecule has 0 amide bonds. The van der Waals surface area contributed by atoms with Gasteiger partial charge < -0.3 is 5.11 Å². The van der Waals surface area contributed by atoms with Crippen molar-refractivity contribution in [1.82, 2.24) is 0 Å². The maximum absolute atomic E-state index is 11.5. The summed E-state index contributed by atoms with van der Waals surface area (Å²) >= 11 is 0. The third-order valence-electron chi connectivity index (χ3n) is 3.27. The minimum atomic E-state index is -0.110. The Hall–Kier alpha value is -1.05. The van der Waals surface area contributed by atoms with Crippen molar-refractivity contribution in [2.24, 2.45) is 11.3 Å². The average molecular weight is 224 g/mol. The molecular weight excluding hydrogens is 200 g/mol. The lowest BCUT2D eigenvalue weighted by molar-refractivity contribution is -0.127. The molecular formula is C14H24O2. The summed E-state index contributed by atoms with van der Waals surface area (Å²) in [5.41, 5.74) is -0.110. The summed E-state index contributed by atoms with van der Waals surface area (Å²) in [6, 6.07) is 0. The third-order valence-corrected chi connectivity index (χ3v) is 3.27. The minimum Gasteiger partial charge on any atom is -0.509 e. The molecule has 1 aliphatic rings. The third kappa shape index (κ3) is 3.84. The van der Waals surface area contributed by atoms with E-state index in [2.05, 4.69) is 13.5 Å². The molecule has 1 fully saturated rings. The highest BCUT2D eigenvalue weighted by atomic mass is 16.3. The molecule has 16 heavy (non-hydrogen) atoms. The first-order valence-electron chi connectivity index (χ1n) is 6.05. The second kappa shape index (κ2) is 6.51. The van der Waals surface area contributed by atoms with E-state index >= 15 is 0 Å². The molecule has 0 unspecified atom stereocenters. The van der Waals surface area contributed by atoms with Gasteiger partial charge in [0.2, 0.25) is 0 Å². The number of allylic oxidation sites excluding steroid dienone is 2. The van der Waals surface area contributed by atoms with Crippen LogP contribution in [0.1, 0.15) is 47.0 Å². The summed E-state index contributed by atoms with van der Waals surface area (Å²) in [7, 11) is 0. The van der Waals surface area contributed by atoms with Gasteiger partial charge in [0, 0.05) is 12.3 Å². The van der Waals surface area contributed by atoms with Crippen molar-refractivity contribution in [3.8, 4) is 0 Å². The zero-order chi connectivity index (χ0) is 12.8. The number of aliphatic hydroxyl groups excluding tert-OH is 1. The number of rotatable bonds is 2. The maximum atomic E-state index is 11.5. The van der Waals surface area contributed by atoms with Crippen LogP contribution in [0.2, 0.25) is 0 Å². The number of hydrogen-bond donors (Lipinski definition) is 1. The Labute approximate surface area is 99.1 Å². The van der Waals surface area contributed by atoms with E-state index in [-0.39, 0.29) is 17.1 Å². The molecule has 1 aliphatic carbocycles. The fourth-order valence-corrected chi connectivity index (χ4v) is 1.96. The Morgan fingerprint density at radius 1 is 1.56 bits per heavy atom. The molecule has 92 valence electrons. The lowest BCUT2D eigenvalue weighted by Crippen LogP contribution is -2.33. The predicted octanol–water partition coefficient (Wildman–Crippen LogP) is 4.04. The summed E-state index contributed by atoms with van der Waals surface area (Å²) in [6.07, 6.45) is 6.16. The van der Waals surface area contributed by atoms with Crippen molar-refractivity contribution in [2.75, 3.05) is 0 Å². The second-order valence-corrected chi connectivity index (χ2v) is 4.37. The molecule has 1 N–H and O–H groups in total. The Bertz CT molecular complexity index is 278. The van der Waals surface area contributed by atoms with Gasteiger partial charge in [-0.3, -0.25) is 4.79 Å². The Morgan fingerprint density at radius 2 is 2.12 bits per heavy atom. The van der Waals surface area contributed by atoms with Crippen LogP contribution in [-0.4, -0.2) is 10.9 Å². The van der Waals surface area contributed by atoms with E-state index in [0.717, 1.165) is 12.8 Å². The van der Waals surface area contributed by atoms with Gasteiger partial charge >= 0.3 is 0 Å². The van der Waals surface area contributed by atoms with Crippen LogP contribution >= 0.6 is 0 Å². The van der Waals surface area contributed by atoms with Crippen LogP contribution in [0.3, 0.4) is 0 Å². The van der Waals surface area contributed by atoms with Gasteiger partial charge in [0.25, 0.3) is 0 Å². The number of hydrogen-bond acceptors (Lipinski definition) is 2. The van der Waals surface area contributed by atoms with Crippen molar-refractivity contribution in [3.05, 3.63) is 24.5 Å². The van der Waals surface area contributed by atoms with E-state index in [0.29, 0.717) is 12.2 Å². The van der Waals surface area contributed by atoms with Crippen LogP contribution in [-0.2, 0) is 4.79 Å². The van der Waals surface area contributed by atoms with Crippen molar-refractivity contribution in [2.45, 2.75) is 47.0 Å². The van der Waals surface area contributed by atoms with E-state index in [1.807, 2.05) is 26.8 Å². The van der Waals surface area contributed by atoms with Gasteiger partial charge in [-0.1, -0.05) is 40.3 Å². The van der Waals surface area contributed by atoms with E-state index in [1.54, 1.807) is 6.08 Å². The highest BCUT2D eigenvalue weighted by Crippen LogP contribution is 2.40. The molecule has 1 rings (SSSR count). The highest BCUT2D eigenvalue weighted by Gasteiger charge is 2.36. The van der Waals surface area contributed by atoms with E-state index in [4.69, 9.17) is 5.11 Å². The standard InChI is InChI=1S/C12H18O2.C2H6/c1-9(13)6-8-12(3)7-4-5-11(14)10(12)2;1-2/h6,8,10,13H,1,4-5,7H2,2-3H3;1-2H3/b8-6+;/t10-,12+;/m0./s1. The minimum absolute atomic E-state index is 0.0480.